The van der Waals surface area contributed by atoms with Gasteiger partial charge in [-0.2, -0.15) is 26.3 Å². The molecule has 0 saturated carbocycles. The molecule has 2 amide bonds. The number of nitrogens with one attached hydrogen (secondary N) is 1. The summed E-state index contributed by atoms with van der Waals surface area (Å²) in [6.45, 7) is 1.30. The van der Waals surface area contributed by atoms with Gasteiger partial charge in [0.2, 0.25) is 0 Å². The number of anilines is 2. The number of alkyl halides is 6. The third kappa shape index (κ3) is 5.52. The summed E-state index contributed by atoms with van der Waals surface area (Å²) in [7, 11) is 0. The maximum absolute atomic E-state index is 14.2. The number of rotatable bonds is 4. The number of ether oxygens (including phenoxy) is 1. The minimum absolute atomic E-state index is 0.0424. The van der Waals surface area contributed by atoms with Crippen LogP contribution < -0.4 is 15.0 Å². The molecular formula is C25H17F7N2O3. The summed E-state index contributed by atoms with van der Waals surface area (Å²) in [4.78, 5) is 26.7. The van der Waals surface area contributed by atoms with E-state index in [1.165, 1.54) is 48.2 Å². The quantitative estimate of drug-likeness (QED) is 0.399. The first kappa shape index (κ1) is 26.0. The summed E-state index contributed by atoms with van der Waals surface area (Å²) in [6.07, 6.45) is -11.2. The smallest absolute Gasteiger partial charge is 0.416 e. The number of carbonyl (C=O) groups is 2. The number of benzene rings is 3. The molecule has 5 nitrogen and oxygen atoms in total. The SMILES string of the molecule is CC1Oc2ccc(NC(=O)c3cc(C(F)(F)F)cc(C(F)(F)F)c3)cc2N(Cc2ccccc2F)C1=O. The molecule has 0 aromatic heterocycles. The lowest BCUT2D eigenvalue weighted by Gasteiger charge is -2.33. The first-order chi connectivity index (χ1) is 17.2. The van der Waals surface area contributed by atoms with Crippen molar-refractivity contribution < 1.29 is 45.1 Å². The van der Waals surface area contributed by atoms with E-state index in [4.69, 9.17) is 4.74 Å². The summed E-state index contributed by atoms with van der Waals surface area (Å²) in [5, 5.41) is 2.25. The van der Waals surface area contributed by atoms with Crippen LogP contribution in [0, 0.1) is 5.82 Å². The Balaban J connectivity index is 1.68. The topological polar surface area (TPSA) is 58.6 Å². The monoisotopic (exact) mass is 526 g/mol. The fourth-order valence-corrected chi connectivity index (χ4v) is 3.73. The molecule has 1 aliphatic rings. The van der Waals surface area contributed by atoms with Gasteiger partial charge in [0.25, 0.3) is 11.8 Å². The molecule has 0 saturated heterocycles. The fraction of sp³-hybridized carbons (Fsp3) is 0.200. The molecule has 37 heavy (non-hydrogen) atoms. The van der Waals surface area contributed by atoms with Crippen LogP contribution in [0.2, 0.25) is 0 Å². The van der Waals surface area contributed by atoms with Gasteiger partial charge in [-0.1, -0.05) is 18.2 Å². The summed E-state index contributed by atoms with van der Waals surface area (Å²) in [5.74, 6) is -2.12. The molecule has 0 radical (unpaired) electrons. The minimum atomic E-state index is -5.12. The Hall–Kier alpha value is -4.09. The molecule has 0 bridgehead atoms. The van der Waals surface area contributed by atoms with Crippen LogP contribution in [0.15, 0.2) is 60.7 Å². The van der Waals surface area contributed by atoms with Crippen molar-refractivity contribution in [1.82, 2.24) is 0 Å². The predicted molar refractivity (Wildman–Crippen MR) is 119 cm³/mol. The molecular weight excluding hydrogens is 509 g/mol. The molecule has 1 N–H and O–H groups in total. The zero-order chi connectivity index (χ0) is 27.1. The minimum Gasteiger partial charge on any atom is -0.479 e. The van der Waals surface area contributed by atoms with E-state index in [-0.39, 0.29) is 35.3 Å². The molecule has 1 heterocycles. The number of fused-ring (bicyclic) bond motifs is 1. The van der Waals surface area contributed by atoms with Gasteiger partial charge >= 0.3 is 12.4 Å². The van der Waals surface area contributed by atoms with E-state index >= 15 is 0 Å². The van der Waals surface area contributed by atoms with Gasteiger partial charge in [-0.05, 0) is 49.4 Å². The average molecular weight is 526 g/mol. The van der Waals surface area contributed by atoms with E-state index in [9.17, 15) is 40.3 Å². The Morgan fingerprint density at radius 1 is 0.946 bits per heavy atom. The summed E-state index contributed by atoms with van der Waals surface area (Å²) in [5.41, 5.74) is -3.87. The number of carbonyl (C=O) groups excluding carboxylic acids is 2. The van der Waals surface area contributed by atoms with Gasteiger partial charge in [0.15, 0.2) is 6.10 Å². The lowest BCUT2D eigenvalue weighted by molar-refractivity contribution is -0.143. The van der Waals surface area contributed by atoms with Crippen molar-refractivity contribution in [2.24, 2.45) is 0 Å². The van der Waals surface area contributed by atoms with Crippen LogP contribution in [0.5, 0.6) is 5.75 Å². The maximum atomic E-state index is 14.2. The molecule has 3 aromatic carbocycles. The molecule has 0 spiro atoms. The van der Waals surface area contributed by atoms with E-state index in [0.29, 0.717) is 12.1 Å². The van der Waals surface area contributed by atoms with Gasteiger partial charge in [-0.15, -0.1) is 0 Å². The fourth-order valence-electron chi connectivity index (χ4n) is 3.73. The highest BCUT2D eigenvalue weighted by molar-refractivity contribution is 6.06. The van der Waals surface area contributed by atoms with Crippen molar-refractivity contribution in [2.45, 2.75) is 31.9 Å². The van der Waals surface area contributed by atoms with Crippen molar-refractivity contribution in [3.63, 3.8) is 0 Å². The molecule has 194 valence electrons. The number of hydrogen-bond acceptors (Lipinski definition) is 3. The van der Waals surface area contributed by atoms with Gasteiger partial charge < -0.3 is 15.0 Å². The zero-order valence-corrected chi connectivity index (χ0v) is 18.9. The van der Waals surface area contributed by atoms with Crippen molar-refractivity contribution in [1.29, 1.82) is 0 Å². The van der Waals surface area contributed by atoms with E-state index in [0.717, 1.165) is 0 Å². The number of amides is 2. The molecule has 0 fully saturated rings. The maximum Gasteiger partial charge on any atom is 0.416 e. The number of halogens is 7. The van der Waals surface area contributed by atoms with Crippen LogP contribution in [-0.2, 0) is 23.7 Å². The van der Waals surface area contributed by atoms with Crippen LogP contribution in [0.3, 0.4) is 0 Å². The van der Waals surface area contributed by atoms with Gasteiger partial charge in [0.1, 0.15) is 11.6 Å². The van der Waals surface area contributed by atoms with Crippen molar-refractivity contribution in [3.05, 3.63) is 88.7 Å². The Morgan fingerprint density at radius 3 is 2.16 bits per heavy atom. The normalized spacial score (nSPS) is 15.7. The van der Waals surface area contributed by atoms with Crippen LogP contribution in [0.25, 0.3) is 0 Å². The number of hydrogen-bond donors (Lipinski definition) is 1. The van der Waals surface area contributed by atoms with Crippen LogP contribution in [0.1, 0.15) is 34.0 Å². The third-order valence-electron chi connectivity index (χ3n) is 5.56. The molecule has 1 aliphatic heterocycles. The Bertz CT molecular complexity index is 1340. The summed E-state index contributed by atoms with van der Waals surface area (Å²) in [6, 6.07) is 10.2. The second-order valence-corrected chi connectivity index (χ2v) is 8.21. The highest BCUT2D eigenvalue weighted by atomic mass is 19.4. The van der Waals surface area contributed by atoms with Gasteiger partial charge in [0, 0.05) is 16.8 Å². The summed E-state index contributed by atoms with van der Waals surface area (Å²) >= 11 is 0. The van der Waals surface area contributed by atoms with Gasteiger partial charge in [-0.3, -0.25) is 9.59 Å². The Kier molecular flexibility index (Phi) is 6.61. The summed E-state index contributed by atoms with van der Waals surface area (Å²) < 4.78 is 98.7. The van der Waals surface area contributed by atoms with E-state index in [2.05, 4.69) is 5.32 Å². The highest BCUT2D eigenvalue weighted by Crippen LogP contribution is 2.39. The predicted octanol–water partition coefficient (Wildman–Crippen LogP) is 6.43. The van der Waals surface area contributed by atoms with Crippen molar-refractivity contribution in [2.75, 3.05) is 10.2 Å². The second kappa shape index (κ2) is 9.41. The lowest BCUT2D eigenvalue weighted by Crippen LogP contribution is -2.44. The molecule has 12 heteroatoms. The zero-order valence-electron chi connectivity index (χ0n) is 18.9. The molecule has 0 aliphatic carbocycles. The Labute approximate surface area is 205 Å². The molecule has 1 unspecified atom stereocenters. The molecule has 3 aromatic rings. The standard InChI is InChI=1S/C25H17F7N2O3/c1-13-23(36)34(12-14-4-2-3-5-19(14)26)20-11-18(6-7-21(20)37-13)33-22(35)15-8-16(24(27,28)29)10-17(9-15)25(30,31)32/h2-11,13H,12H2,1H3,(H,33,35). The van der Waals surface area contributed by atoms with Gasteiger partial charge in [0.05, 0.1) is 23.4 Å². The first-order valence-electron chi connectivity index (χ1n) is 10.7. The van der Waals surface area contributed by atoms with E-state index in [1.807, 2.05) is 0 Å². The highest BCUT2D eigenvalue weighted by Gasteiger charge is 2.38. The van der Waals surface area contributed by atoms with Crippen LogP contribution in [0.4, 0.5) is 42.1 Å². The van der Waals surface area contributed by atoms with E-state index in [1.54, 1.807) is 6.07 Å². The number of nitrogens with zero attached hydrogens (tertiary/aromatic N) is 1. The average Bonchev–Trinajstić information content (AvgIpc) is 2.82. The third-order valence-corrected chi connectivity index (χ3v) is 5.56. The van der Waals surface area contributed by atoms with Crippen LogP contribution >= 0.6 is 0 Å². The second-order valence-electron chi connectivity index (χ2n) is 8.21. The first-order valence-corrected chi connectivity index (χ1v) is 10.7. The largest absolute Gasteiger partial charge is 0.479 e. The van der Waals surface area contributed by atoms with Crippen molar-refractivity contribution in [3.8, 4) is 5.75 Å². The van der Waals surface area contributed by atoms with Gasteiger partial charge in [-0.25, -0.2) is 4.39 Å². The van der Waals surface area contributed by atoms with Crippen molar-refractivity contribution >= 4 is 23.2 Å². The van der Waals surface area contributed by atoms with Crippen LogP contribution in [-0.4, -0.2) is 17.9 Å². The molecule has 4 rings (SSSR count). The molecule has 1 atom stereocenters. The Morgan fingerprint density at radius 2 is 1.57 bits per heavy atom. The lowest BCUT2D eigenvalue weighted by atomic mass is 10.0. The van der Waals surface area contributed by atoms with E-state index < -0.39 is 52.8 Å².